The van der Waals surface area contributed by atoms with Crippen molar-refractivity contribution in [2.75, 3.05) is 13.2 Å². The third kappa shape index (κ3) is 19.4. The fourth-order valence-corrected chi connectivity index (χ4v) is 4.74. The molecular formula is C32H51NaO12S. The van der Waals surface area contributed by atoms with Gasteiger partial charge in [0, 0.05) is 6.42 Å². The molecule has 0 amide bonds. The number of hydrogen-bond donors (Lipinski definition) is 2. The van der Waals surface area contributed by atoms with Crippen molar-refractivity contribution in [3.05, 3.63) is 35.4 Å². The van der Waals surface area contributed by atoms with Gasteiger partial charge in [-0.2, -0.15) is 8.42 Å². The Morgan fingerprint density at radius 3 is 1.72 bits per heavy atom. The predicted octanol–water partition coefficient (Wildman–Crippen LogP) is 3.14. The van der Waals surface area contributed by atoms with E-state index in [9.17, 15) is 36.9 Å². The van der Waals surface area contributed by atoms with E-state index in [-0.39, 0.29) is 73.6 Å². The van der Waals surface area contributed by atoms with Crippen molar-refractivity contribution >= 4 is 40.0 Å². The summed E-state index contributed by atoms with van der Waals surface area (Å²) in [5, 5.41) is 6.91. The summed E-state index contributed by atoms with van der Waals surface area (Å²) in [4.78, 5) is 57.7. The maximum atomic E-state index is 12.2. The van der Waals surface area contributed by atoms with Crippen LogP contribution in [0.15, 0.2) is 24.3 Å². The minimum atomic E-state index is -4.76. The molecule has 3 atom stereocenters. The van der Waals surface area contributed by atoms with E-state index in [1.54, 1.807) is 6.92 Å². The van der Waals surface area contributed by atoms with E-state index in [1.165, 1.54) is 24.3 Å². The van der Waals surface area contributed by atoms with Gasteiger partial charge in [-0.15, -0.1) is 0 Å². The van der Waals surface area contributed by atoms with Crippen LogP contribution in [0.3, 0.4) is 0 Å². The molecule has 14 heteroatoms. The predicted molar refractivity (Wildman–Crippen MR) is 168 cm³/mol. The van der Waals surface area contributed by atoms with Crippen LogP contribution in [-0.4, -0.2) is 66.4 Å². The molecule has 46 heavy (non-hydrogen) atoms. The first-order chi connectivity index (χ1) is 21.2. The Bertz CT molecular complexity index is 1190. The Balaban J connectivity index is -0.000000875. The molecule has 0 fully saturated rings. The summed E-state index contributed by atoms with van der Waals surface area (Å²) in [7, 11) is -4.76. The third-order valence-corrected chi connectivity index (χ3v) is 8.12. The number of carbonyl (C=O) groups is 5. The molecule has 2 N–H and O–H groups in total. The van der Waals surface area contributed by atoms with Crippen LogP contribution in [0, 0.1) is 11.8 Å². The Hall–Kier alpha value is -2.32. The number of carboxylic acid groups (broad SMARTS) is 1. The van der Waals surface area contributed by atoms with E-state index in [0.717, 1.165) is 51.4 Å². The monoisotopic (exact) mass is 682 g/mol. The minimum Gasteiger partial charge on any atom is -1.00 e. The minimum absolute atomic E-state index is 0. The van der Waals surface area contributed by atoms with Crippen LogP contribution in [0.25, 0.3) is 0 Å². The first kappa shape index (κ1) is 45.8. The molecule has 1 rings (SSSR count). The van der Waals surface area contributed by atoms with Gasteiger partial charge < -0.3 is 20.7 Å². The van der Waals surface area contributed by atoms with E-state index < -0.39 is 51.6 Å². The number of unbranched alkanes of at least 4 members (excludes halogenated alkanes) is 2. The van der Waals surface area contributed by atoms with Gasteiger partial charge in [-0.05, 0) is 43.2 Å². The van der Waals surface area contributed by atoms with E-state index >= 15 is 0 Å². The van der Waals surface area contributed by atoms with E-state index in [4.69, 9.17) is 14.6 Å². The number of aromatic carboxylic acids is 1. The second kappa shape index (κ2) is 25.7. The van der Waals surface area contributed by atoms with Crippen molar-refractivity contribution in [1.29, 1.82) is 0 Å². The van der Waals surface area contributed by atoms with Crippen molar-refractivity contribution in [3.8, 4) is 0 Å². The van der Waals surface area contributed by atoms with Crippen molar-refractivity contribution < 1.29 is 87.2 Å². The van der Waals surface area contributed by atoms with Gasteiger partial charge in [-0.25, -0.2) is 9.59 Å². The Labute approximate surface area is 296 Å². The average Bonchev–Trinajstić information content (AvgIpc) is 2.99. The van der Waals surface area contributed by atoms with Crippen LogP contribution in [0.2, 0.25) is 0 Å². The smallest absolute Gasteiger partial charge is 1.00 e. The summed E-state index contributed by atoms with van der Waals surface area (Å²) in [6.45, 7) is 10.1. The number of ether oxygens (including phenoxy) is 3. The summed E-state index contributed by atoms with van der Waals surface area (Å²) in [5.41, 5.74) is -0.300. The normalized spacial score (nSPS) is 12.7. The first-order valence-corrected chi connectivity index (χ1v) is 17.1. The fourth-order valence-electron chi connectivity index (χ4n) is 4.08. The maximum Gasteiger partial charge on any atom is 1.00 e. The maximum absolute atomic E-state index is 12.2. The van der Waals surface area contributed by atoms with Crippen molar-refractivity contribution in [3.63, 3.8) is 0 Å². The molecule has 1 aromatic rings. The molecule has 0 saturated heterocycles. The first-order valence-electron chi connectivity index (χ1n) is 15.6. The number of esters is 4. The number of carboxylic acids is 1. The summed E-state index contributed by atoms with van der Waals surface area (Å²) < 4.78 is 47.3. The summed E-state index contributed by atoms with van der Waals surface area (Å²) in [6.07, 6.45) is 7.43. The molecule has 0 heterocycles. The van der Waals surface area contributed by atoms with Crippen molar-refractivity contribution in [2.45, 2.75) is 110 Å². The zero-order valence-corrected chi connectivity index (χ0v) is 30.9. The molecule has 12 nitrogen and oxygen atoms in total. The van der Waals surface area contributed by atoms with E-state index in [1.807, 2.05) is 13.8 Å². The molecule has 0 aliphatic rings. The van der Waals surface area contributed by atoms with Gasteiger partial charge in [0.05, 0.1) is 30.8 Å². The number of carbonyl (C=O) groups excluding carboxylic acids is 4. The number of rotatable bonds is 20. The third-order valence-electron chi connectivity index (χ3n) is 7.04. The molecule has 0 aliphatic heterocycles. The van der Waals surface area contributed by atoms with Gasteiger partial charge in [0.25, 0.3) is 10.1 Å². The van der Waals surface area contributed by atoms with E-state index in [2.05, 4.69) is 18.6 Å². The number of benzene rings is 1. The fraction of sp³-hybridized carbons (Fsp3) is 0.656. The molecule has 0 aromatic heterocycles. The van der Waals surface area contributed by atoms with Crippen molar-refractivity contribution in [2.24, 2.45) is 11.8 Å². The SMILES string of the molecule is CCCC(=O)OC(=O)c1ccccc1C(=O)O.CCCCC(CC)COC(=O)CC(C(=O)OCC(CC)CCCC)S(=O)(=O)O.[H-].[Na+]. The largest absolute Gasteiger partial charge is 1.00 e. The number of hydrogen-bond acceptors (Lipinski definition) is 10. The topological polar surface area (TPSA) is 188 Å². The molecule has 1 aromatic carbocycles. The second-order valence-corrected chi connectivity index (χ2v) is 12.3. The molecule has 0 bridgehead atoms. The van der Waals surface area contributed by atoms with Crippen LogP contribution < -0.4 is 29.6 Å². The Morgan fingerprint density at radius 1 is 0.783 bits per heavy atom. The van der Waals surface area contributed by atoms with Gasteiger partial charge in [-0.3, -0.25) is 18.9 Å². The van der Waals surface area contributed by atoms with Crippen LogP contribution in [0.4, 0.5) is 0 Å². The standard InChI is InChI=1S/C20H38O7S.C12H12O5.Na.H/c1-5-9-11-16(7-3)14-26-19(21)13-18(28(23,24)25)20(22)27-15-17(8-4)12-10-6-2;1-2-5-10(13)17-12(16)9-7-4-3-6-8(9)11(14)15;;/h16-18H,5-15H2,1-4H3,(H,23,24,25);3-4,6-7H,2,5H2,1H3,(H,14,15);;/q;;+1;-1. The van der Waals surface area contributed by atoms with Crippen LogP contribution in [0.5, 0.6) is 0 Å². The summed E-state index contributed by atoms with van der Waals surface area (Å²) >= 11 is 0. The Kier molecular flexibility index (Phi) is 25.6. The molecule has 0 radical (unpaired) electrons. The zero-order chi connectivity index (χ0) is 34.4. The van der Waals surface area contributed by atoms with Crippen LogP contribution >= 0.6 is 0 Å². The van der Waals surface area contributed by atoms with Gasteiger partial charge >= 0.3 is 59.4 Å². The van der Waals surface area contributed by atoms with E-state index in [0.29, 0.717) is 6.42 Å². The average molecular weight is 683 g/mol. The summed E-state index contributed by atoms with van der Waals surface area (Å²) in [5.74, 6) is -4.43. The molecule has 0 aliphatic carbocycles. The zero-order valence-electron chi connectivity index (χ0n) is 29.1. The molecule has 0 saturated carbocycles. The molecule has 3 unspecified atom stereocenters. The van der Waals surface area contributed by atoms with Gasteiger partial charge in [0.15, 0.2) is 5.25 Å². The quantitative estimate of drug-likeness (QED) is 0.0674. The Morgan fingerprint density at radius 2 is 1.28 bits per heavy atom. The van der Waals surface area contributed by atoms with Crippen LogP contribution in [-0.2, 0) is 38.7 Å². The van der Waals surface area contributed by atoms with Gasteiger partial charge in [0.2, 0.25) is 0 Å². The molecule has 258 valence electrons. The van der Waals surface area contributed by atoms with Crippen molar-refractivity contribution in [1.82, 2.24) is 0 Å². The van der Waals surface area contributed by atoms with Crippen LogP contribution in [0.1, 0.15) is 127 Å². The molecular weight excluding hydrogens is 631 g/mol. The van der Waals surface area contributed by atoms with Gasteiger partial charge in [-0.1, -0.05) is 85.3 Å². The second-order valence-electron chi connectivity index (χ2n) is 10.7. The van der Waals surface area contributed by atoms with Gasteiger partial charge in [0.1, 0.15) is 0 Å². The molecule has 0 spiro atoms. The summed E-state index contributed by atoms with van der Waals surface area (Å²) in [6, 6.07) is 5.59.